The van der Waals surface area contributed by atoms with Crippen molar-refractivity contribution in [1.29, 1.82) is 0 Å². The maximum absolute atomic E-state index is 12.3. The molecule has 2 rings (SSSR count). The molecular weight excluding hydrogens is 418 g/mol. The Balaban J connectivity index is 1.87. The predicted octanol–water partition coefficient (Wildman–Crippen LogP) is 2.46. The second-order valence-corrected chi connectivity index (χ2v) is 7.99. The maximum atomic E-state index is 12.3. The van der Waals surface area contributed by atoms with Crippen LogP contribution in [0.3, 0.4) is 0 Å². The van der Waals surface area contributed by atoms with Crippen molar-refractivity contribution >= 4 is 23.9 Å². The van der Waals surface area contributed by atoms with Crippen LogP contribution < -0.4 is 15.2 Å². The van der Waals surface area contributed by atoms with Gasteiger partial charge in [-0.25, -0.2) is 0 Å². The number of carbonyl (C=O) groups excluding carboxylic acids is 4. The van der Waals surface area contributed by atoms with E-state index in [1.165, 1.54) is 26.0 Å². The van der Waals surface area contributed by atoms with Gasteiger partial charge in [-0.1, -0.05) is 25.3 Å². The summed E-state index contributed by atoms with van der Waals surface area (Å²) in [4.78, 5) is 47.0. The van der Waals surface area contributed by atoms with Crippen LogP contribution in [-0.2, 0) is 35.1 Å². The van der Waals surface area contributed by atoms with E-state index < -0.39 is 30.1 Å². The van der Waals surface area contributed by atoms with E-state index in [0.29, 0.717) is 5.56 Å². The molecule has 0 bridgehead atoms. The largest absolute Gasteiger partial charge is 0.461 e. The number of rotatable bonds is 9. The van der Waals surface area contributed by atoms with Crippen LogP contribution in [0.5, 0.6) is 11.5 Å². The van der Waals surface area contributed by atoms with Crippen LogP contribution in [0.2, 0.25) is 0 Å². The van der Waals surface area contributed by atoms with Gasteiger partial charge in [-0.3, -0.25) is 19.2 Å². The fourth-order valence-electron chi connectivity index (χ4n) is 3.46. The lowest BCUT2D eigenvalue weighted by atomic mass is 9.89. The lowest BCUT2D eigenvalue weighted by molar-refractivity contribution is -0.162. The van der Waals surface area contributed by atoms with Crippen molar-refractivity contribution in [3.63, 3.8) is 0 Å². The Bertz CT molecular complexity index is 831. The molecule has 2 atom stereocenters. The van der Waals surface area contributed by atoms with Gasteiger partial charge in [0.05, 0.1) is 5.92 Å². The van der Waals surface area contributed by atoms with Crippen molar-refractivity contribution in [3.8, 4) is 11.5 Å². The molecule has 32 heavy (non-hydrogen) atoms. The number of carbonyl (C=O) groups is 4. The number of nitrogens with two attached hydrogens (primary N) is 1. The summed E-state index contributed by atoms with van der Waals surface area (Å²) in [5.41, 5.74) is 6.53. The van der Waals surface area contributed by atoms with E-state index in [1.54, 1.807) is 13.0 Å². The van der Waals surface area contributed by atoms with E-state index in [-0.39, 0.29) is 36.4 Å². The first-order valence-corrected chi connectivity index (χ1v) is 10.8. The first kappa shape index (κ1) is 25.3. The van der Waals surface area contributed by atoms with E-state index in [0.717, 1.165) is 32.1 Å². The second-order valence-electron chi connectivity index (χ2n) is 7.99. The van der Waals surface area contributed by atoms with E-state index in [2.05, 4.69) is 0 Å². The third kappa shape index (κ3) is 8.30. The molecule has 1 aliphatic rings. The molecule has 2 N–H and O–H groups in total. The minimum absolute atomic E-state index is 0.0500. The Morgan fingerprint density at radius 3 is 2.25 bits per heavy atom. The summed E-state index contributed by atoms with van der Waals surface area (Å²) in [6, 6.07) is 3.55. The highest BCUT2D eigenvalue weighted by molar-refractivity contribution is 5.77. The van der Waals surface area contributed by atoms with E-state index in [4.69, 9.17) is 24.7 Å². The van der Waals surface area contributed by atoms with Crippen molar-refractivity contribution in [2.45, 2.75) is 71.4 Å². The average Bonchev–Trinajstić information content (AvgIpc) is 2.73. The minimum atomic E-state index is -0.985. The van der Waals surface area contributed by atoms with Gasteiger partial charge in [0.15, 0.2) is 11.5 Å². The lowest BCUT2D eigenvalue weighted by Gasteiger charge is -2.22. The van der Waals surface area contributed by atoms with Gasteiger partial charge in [0.2, 0.25) is 0 Å². The maximum Gasteiger partial charge on any atom is 0.323 e. The molecule has 1 fully saturated rings. The average molecular weight is 450 g/mol. The van der Waals surface area contributed by atoms with Crippen LogP contribution >= 0.6 is 0 Å². The van der Waals surface area contributed by atoms with Crippen LogP contribution in [0.4, 0.5) is 0 Å². The topological polar surface area (TPSA) is 131 Å². The minimum Gasteiger partial charge on any atom is -0.461 e. The van der Waals surface area contributed by atoms with Crippen molar-refractivity contribution in [2.75, 3.05) is 6.61 Å². The fourth-order valence-corrected chi connectivity index (χ4v) is 3.46. The van der Waals surface area contributed by atoms with Gasteiger partial charge in [-0.2, -0.15) is 0 Å². The van der Waals surface area contributed by atoms with Gasteiger partial charge in [-0.05, 0) is 43.9 Å². The first-order chi connectivity index (χ1) is 15.2. The molecule has 9 nitrogen and oxygen atoms in total. The highest BCUT2D eigenvalue weighted by Gasteiger charge is 2.25. The zero-order valence-corrected chi connectivity index (χ0v) is 18.8. The monoisotopic (exact) mass is 449 g/mol. The number of hydrogen-bond acceptors (Lipinski definition) is 9. The molecule has 0 aromatic heterocycles. The van der Waals surface area contributed by atoms with E-state index in [9.17, 15) is 19.2 Å². The van der Waals surface area contributed by atoms with Crippen LogP contribution in [0.25, 0.3) is 0 Å². The molecule has 1 aromatic rings. The van der Waals surface area contributed by atoms with Crippen LogP contribution in [0, 0.1) is 5.92 Å². The van der Waals surface area contributed by atoms with Crippen molar-refractivity contribution in [1.82, 2.24) is 0 Å². The molecule has 9 heteroatoms. The van der Waals surface area contributed by atoms with Gasteiger partial charge in [0.25, 0.3) is 0 Å². The highest BCUT2D eigenvalue weighted by Crippen LogP contribution is 2.29. The Labute approximate surface area is 187 Å². The Morgan fingerprint density at radius 1 is 1.00 bits per heavy atom. The summed E-state index contributed by atoms with van der Waals surface area (Å²) < 4.78 is 20.7. The molecule has 1 aromatic carbocycles. The zero-order valence-electron chi connectivity index (χ0n) is 18.8. The highest BCUT2D eigenvalue weighted by atomic mass is 16.6. The molecular formula is C23H31NO8. The molecule has 1 aliphatic carbocycles. The van der Waals surface area contributed by atoms with Gasteiger partial charge in [-0.15, -0.1) is 0 Å². The van der Waals surface area contributed by atoms with Crippen molar-refractivity contribution in [3.05, 3.63) is 23.8 Å². The quantitative estimate of drug-likeness (QED) is 0.446. The molecule has 0 aliphatic heterocycles. The van der Waals surface area contributed by atoms with Gasteiger partial charge < -0.3 is 24.7 Å². The van der Waals surface area contributed by atoms with Gasteiger partial charge in [0.1, 0.15) is 18.8 Å². The number of ether oxygens (including phenoxy) is 4. The summed E-state index contributed by atoms with van der Waals surface area (Å²) in [6.07, 6.45) is 4.40. The Hall–Kier alpha value is -2.94. The Morgan fingerprint density at radius 2 is 1.62 bits per heavy atom. The number of esters is 4. The third-order valence-corrected chi connectivity index (χ3v) is 4.99. The predicted molar refractivity (Wildman–Crippen MR) is 114 cm³/mol. The van der Waals surface area contributed by atoms with Crippen LogP contribution in [-0.4, -0.2) is 42.6 Å². The summed E-state index contributed by atoms with van der Waals surface area (Å²) in [7, 11) is 0. The van der Waals surface area contributed by atoms with Crippen molar-refractivity contribution in [2.24, 2.45) is 11.7 Å². The molecule has 1 saturated carbocycles. The summed E-state index contributed by atoms with van der Waals surface area (Å²) in [6.45, 7) is 4.02. The van der Waals surface area contributed by atoms with E-state index in [1.807, 2.05) is 0 Å². The fraction of sp³-hybridized carbons (Fsp3) is 0.565. The number of benzene rings is 1. The standard InChI is InChI=1S/C23H31NO8/c1-14(30-22(27)18-7-5-4-6-8-18)13-29-23(28)19(24)11-17-9-10-20(31-15(2)25)21(12-17)32-16(3)26/h9-10,12,14,18-19H,4-8,11,13,24H2,1-3H3/t14-,19-/m0/s1. The second kappa shape index (κ2) is 12.2. The van der Waals surface area contributed by atoms with E-state index >= 15 is 0 Å². The lowest BCUT2D eigenvalue weighted by Crippen LogP contribution is -2.36. The van der Waals surface area contributed by atoms with Crippen LogP contribution in [0.1, 0.15) is 58.4 Å². The molecule has 0 spiro atoms. The summed E-state index contributed by atoms with van der Waals surface area (Å²) in [5.74, 6) is -1.99. The summed E-state index contributed by atoms with van der Waals surface area (Å²) in [5, 5.41) is 0. The normalized spacial score (nSPS) is 15.9. The molecule has 0 heterocycles. The smallest absolute Gasteiger partial charge is 0.323 e. The molecule has 176 valence electrons. The Kier molecular flexibility index (Phi) is 9.64. The zero-order chi connectivity index (χ0) is 23.7. The SMILES string of the molecule is CC(=O)Oc1ccc(C[C@H](N)C(=O)OC[C@H](C)OC(=O)C2CCCCC2)cc1OC(C)=O. The molecule has 0 radical (unpaired) electrons. The third-order valence-electron chi connectivity index (χ3n) is 4.99. The molecule has 0 unspecified atom stereocenters. The number of hydrogen-bond donors (Lipinski definition) is 1. The molecule has 0 amide bonds. The summed E-state index contributed by atoms with van der Waals surface area (Å²) >= 11 is 0. The first-order valence-electron chi connectivity index (χ1n) is 10.8. The van der Waals surface area contributed by atoms with Crippen molar-refractivity contribution < 1.29 is 38.1 Å². The van der Waals surface area contributed by atoms with Gasteiger partial charge >= 0.3 is 23.9 Å². The molecule has 0 saturated heterocycles. The van der Waals surface area contributed by atoms with Crippen LogP contribution in [0.15, 0.2) is 18.2 Å². The van der Waals surface area contributed by atoms with Gasteiger partial charge in [0, 0.05) is 13.8 Å².